The maximum Gasteiger partial charge on any atom is 0.150 e. The summed E-state index contributed by atoms with van der Waals surface area (Å²) in [6, 6.07) is 21.1. The first-order valence-electron chi connectivity index (χ1n) is 12.8. The highest BCUT2D eigenvalue weighted by atomic mass is 19.1. The summed E-state index contributed by atoms with van der Waals surface area (Å²) in [6.07, 6.45) is 0.892. The zero-order valence-corrected chi connectivity index (χ0v) is 21.2. The number of nitrogens with zero attached hydrogens (tertiary/aromatic N) is 1. The van der Waals surface area contributed by atoms with Gasteiger partial charge in [0.25, 0.3) is 0 Å². The molecule has 2 aliphatic heterocycles. The highest BCUT2D eigenvalue weighted by molar-refractivity contribution is 5.95. The molecule has 2 aliphatic rings. The normalized spacial score (nSPS) is 20.7. The lowest BCUT2D eigenvalue weighted by molar-refractivity contribution is 0.169. The van der Waals surface area contributed by atoms with Crippen molar-refractivity contribution in [2.24, 2.45) is 5.92 Å². The maximum atomic E-state index is 13.5. The number of allylic oxidation sites excluding steroid dienone is 1. The van der Waals surface area contributed by atoms with Crippen LogP contribution < -0.4 is 9.47 Å². The summed E-state index contributed by atoms with van der Waals surface area (Å²) in [4.78, 5) is 2.50. The Labute approximate surface area is 213 Å². The number of halogens is 1. The molecule has 0 bridgehead atoms. The second-order valence-corrected chi connectivity index (χ2v) is 10.2. The molecule has 0 aliphatic carbocycles. The zero-order valence-electron chi connectivity index (χ0n) is 21.2. The fourth-order valence-electron chi connectivity index (χ4n) is 5.30. The van der Waals surface area contributed by atoms with E-state index >= 15 is 0 Å². The van der Waals surface area contributed by atoms with Crippen LogP contribution >= 0.6 is 0 Å². The maximum absolute atomic E-state index is 13.5. The molecule has 3 aromatic carbocycles. The Morgan fingerprint density at radius 2 is 1.92 bits per heavy atom. The van der Waals surface area contributed by atoms with E-state index in [0.29, 0.717) is 18.2 Å². The molecular weight excluding hydrogens is 453 g/mol. The van der Waals surface area contributed by atoms with E-state index in [9.17, 15) is 9.50 Å². The molecule has 0 aromatic heterocycles. The summed E-state index contributed by atoms with van der Waals surface area (Å²) in [6.45, 7) is 8.97. The Morgan fingerprint density at radius 3 is 2.64 bits per heavy atom. The van der Waals surface area contributed by atoms with Gasteiger partial charge in [0.1, 0.15) is 36.6 Å². The summed E-state index contributed by atoms with van der Waals surface area (Å²) in [5.41, 5.74) is 5.34. The average molecular weight is 488 g/mol. The highest BCUT2D eigenvalue weighted by Crippen LogP contribution is 2.47. The first-order chi connectivity index (χ1) is 17.4. The van der Waals surface area contributed by atoms with Gasteiger partial charge in [-0.2, -0.15) is 0 Å². The quantitative estimate of drug-likeness (QED) is 0.388. The first-order valence-corrected chi connectivity index (χ1v) is 12.8. The molecule has 5 heteroatoms. The molecule has 1 saturated heterocycles. The standard InChI is InChI=1S/C31H34FNO3/c1-20-13-14-33(18-20)21(2)19-35-27-10-7-24(8-11-27)31-30(25-6-4-5-23(15-25)17-32)22(3)28-16-26(34)9-12-29(28)36-31/h4-12,15-16,20-21,31,34H,13-14,17-19H2,1-3H3. The van der Waals surface area contributed by atoms with Crippen molar-refractivity contribution in [3.8, 4) is 17.2 Å². The van der Waals surface area contributed by atoms with Gasteiger partial charge in [-0.15, -0.1) is 0 Å². The van der Waals surface area contributed by atoms with E-state index in [-0.39, 0.29) is 11.9 Å². The van der Waals surface area contributed by atoms with Crippen LogP contribution in [0.25, 0.3) is 11.1 Å². The van der Waals surface area contributed by atoms with Gasteiger partial charge in [-0.05, 0) is 91.4 Å². The summed E-state index contributed by atoms with van der Waals surface area (Å²) in [5, 5.41) is 10.1. The summed E-state index contributed by atoms with van der Waals surface area (Å²) >= 11 is 0. The van der Waals surface area contributed by atoms with Gasteiger partial charge in [0.2, 0.25) is 0 Å². The van der Waals surface area contributed by atoms with Crippen LogP contribution in [0.4, 0.5) is 4.39 Å². The van der Waals surface area contributed by atoms with Gasteiger partial charge in [0.05, 0.1) is 0 Å². The lowest BCUT2D eigenvalue weighted by Gasteiger charge is -2.31. The fourth-order valence-corrected chi connectivity index (χ4v) is 5.30. The second-order valence-electron chi connectivity index (χ2n) is 10.2. The smallest absolute Gasteiger partial charge is 0.150 e. The van der Waals surface area contributed by atoms with E-state index in [4.69, 9.17) is 9.47 Å². The molecule has 36 heavy (non-hydrogen) atoms. The lowest BCUT2D eigenvalue weighted by Crippen LogP contribution is -2.35. The molecule has 188 valence electrons. The van der Waals surface area contributed by atoms with Crippen LogP contribution in [0, 0.1) is 5.92 Å². The highest BCUT2D eigenvalue weighted by Gasteiger charge is 2.30. The zero-order chi connectivity index (χ0) is 25.2. The Balaban J connectivity index is 1.42. The van der Waals surface area contributed by atoms with E-state index in [1.165, 1.54) is 6.42 Å². The largest absolute Gasteiger partial charge is 0.508 e. The van der Waals surface area contributed by atoms with Crippen LogP contribution in [0.1, 0.15) is 55.5 Å². The third-order valence-corrected chi connectivity index (χ3v) is 7.42. The van der Waals surface area contributed by atoms with Crippen LogP contribution in [-0.2, 0) is 6.67 Å². The Bertz CT molecular complexity index is 1250. The molecule has 0 radical (unpaired) electrons. The number of rotatable bonds is 7. The van der Waals surface area contributed by atoms with Gasteiger partial charge < -0.3 is 14.6 Å². The van der Waals surface area contributed by atoms with E-state index in [0.717, 1.165) is 58.3 Å². The Kier molecular flexibility index (Phi) is 7.01. The number of phenolic OH excluding ortho intramolecular Hbond substituents is 1. The summed E-state index contributed by atoms with van der Waals surface area (Å²) < 4.78 is 26.1. The summed E-state index contributed by atoms with van der Waals surface area (Å²) in [7, 11) is 0. The fraction of sp³-hybridized carbons (Fsp3) is 0.355. The van der Waals surface area contributed by atoms with Crippen molar-refractivity contribution in [2.45, 2.75) is 46.0 Å². The van der Waals surface area contributed by atoms with E-state index in [1.807, 2.05) is 49.4 Å². The minimum absolute atomic E-state index is 0.186. The summed E-state index contributed by atoms with van der Waals surface area (Å²) in [5.74, 6) is 2.49. The Hall–Kier alpha value is -3.31. The number of hydrogen-bond acceptors (Lipinski definition) is 4. The number of phenols is 1. The first kappa shape index (κ1) is 24.4. The van der Waals surface area contributed by atoms with E-state index in [2.05, 4.69) is 18.7 Å². The number of fused-ring (bicyclic) bond motifs is 1. The van der Waals surface area contributed by atoms with Crippen LogP contribution in [0.2, 0.25) is 0 Å². The minimum Gasteiger partial charge on any atom is -0.508 e. The van der Waals surface area contributed by atoms with Crippen molar-refractivity contribution in [1.82, 2.24) is 4.90 Å². The van der Waals surface area contributed by atoms with E-state index in [1.54, 1.807) is 24.3 Å². The molecule has 3 unspecified atom stereocenters. The van der Waals surface area contributed by atoms with Gasteiger partial charge >= 0.3 is 0 Å². The van der Waals surface area contributed by atoms with Crippen molar-refractivity contribution in [2.75, 3.05) is 19.7 Å². The van der Waals surface area contributed by atoms with Crippen molar-refractivity contribution >= 4 is 11.1 Å². The topological polar surface area (TPSA) is 41.9 Å². The van der Waals surface area contributed by atoms with Crippen LogP contribution in [0.3, 0.4) is 0 Å². The van der Waals surface area contributed by atoms with Gasteiger partial charge in [-0.3, -0.25) is 4.90 Å². The lowest BCUT2D eigenvalue weighted by atomic mass is 9.85. The van der Waals surface area contributed by atoms with E-state index < -0.39 is 6.67 Å². The number of likely N-dealkylation sites (tertiary alicyclic amines) is 1. The molecular formula is C31H34FNO3. The van der Waals surface area contributed by atoms with Gasteiger partial charge in [0.15, 0.2) is 0 Å². The number of aromatic hydroxyl groups is 1. The predicted molar refractivity (Wildman–Crippen MR) is 142 cm³/mol. The molecule has 2 heterocycles. The molecule has 0 amide bonds. The minimum atomic E-state index is -0.524. The van der Waals surface area contributed by atoms with Crippen molar-refractivity contribution < 1.29 is 19.0 Å². The SMILES string of the molecule is CC1=C(c2cccc(CF)c2)C(c2ccc(OCC(C)N3CCC(C)C3)cc2)Oc2ccc(O)cc21. The predicted octanol–water partition coefficient (Wildman–Crippen LogP) is 7.04. The Morgan fingerprint density at radius 1 is 1.11 bits per heavy atom. The monoisotopic (exact) mass is 487 g/mol. The van der Waals surface area contributed by atoms with Crippen molar-refractivity contribution in [3.05, 3.63) is 89.0 Å². The second kappa shape index (κ2) is 10.4. The van der Waals surface area contributed by atoms with Gasteiger partial charge in [-0.25, -0.2) is 4.39 Å². The molecule has 5 rings (SSSR count). The number of hydrogen-bond donors (Lipinski definition) is 1. The van der Waals surface area contributed by atoms with Crippen molar-refractivity contribution in [3.63, 3.8) is 0 Å². The molecule has 3 atom stereocenters. The van der Waals surface area contributed by atoms with Gasteiger partial charge in [-0.1, -0.05) is 37.3 Å². The molecule has 0 saturated carbocycles. The number of benzene rings is 3. The molecule has 1 N–H and O–H groups in total. The molecule has 1 fully saturated rings. The average Bonchev–Trinajstić information content (AvgIpc) is 3.34. The molecule has 0 spiro atoms. The molecule has 4 nitrogen and oxygen atoms in total. The number of alkyl halides is 1. The van der Waals surface area contributed by atoms with Crippen LogP contribution in [0.15, 0.2) is 66.7 Å². The van der Waals surface area contributed by atoms with Gasteiger partial charge in [0, 0.05) is 23.7 Å². The van der Waals surface area contributed by atoms with Crippen LogP contribution in [-0.4, -0.2) is 35.7 Å². The van der Waals surface area contributed by atoms with Crippen LogP contribution in [0.5, 0.6) is 17.2 Å². The third-order valence-electron chi connectivity index (χ3n) is 7.42. The number of ether oxygens (including phenoxy) is 2. The molecule has 3 aromatic rings. The van der Waals surface area contributed by atoms with Crippen molar-refractivity contribution in [1.29, 1.82) is 0 Å². The third kappa shape index (κ3) is 4.98.